The molecule has 0 fully saturated rings. The molecular weight excluding hydrogens is 286 g/mol. The Labute approximate surface area is 138 Å². The lowest BCUT2D eigenvalue weighted by Crippen LogP contribution is -2.32. The van der Waals surface area contributed by atoms with E-state index in [2.05, 4.69) is 58.1 Å². The number of fused-ring (bicyclic) bond motifs is 1. The number of aromatic nitrogens is 3. The highest BCUT2D eigenvalue weighted by Crippen LogP contribution is 2.23. The predicted molar refractivity (Wildman–Crippen MR) is 93.8 cm³/mol. The maximum absolute atomic E-state index is 4.79. The van der Waals surface area contributed by atoms with Crippen molar-refractivity contribution in [2.75, 3.05) is 29.4 Å². The highest BCUT2D eigenvalue weighted by molar-refractivity contribution is 5.45. The van der Waals surface area contributed by atoms with Crippen molar-refractivity contribution in [2.24, 2.45) is 0 Å². The molecule has 1 aromatic carbocycles. The fourth-order valence-corrected chi connectivity index (χ4v) is 3.12. The molecule has 0 radical (unpaired) electrons. The largest absolute Gasteiger partial charge is 0.350 e. The van der Waals surface area contributed by atoms with E-state index in [0.29, 0.717) is 0 Å². The molecular formula is C18H25N5. The Balaban J connectivity index is 1.80. The van der Waals surface area contributed by atoms with Gasteiger partial charge in [0.1, 0.15) is 0 Å². The van der Waals surface area contributed by atoms with Crippen LogP contribution in [0.5, 0.6) is 0 Å². The Hall–Kier alpha value is -2.17. The van der Waals surface area contributed by atoms with Crippen LogP contribution in [0, 0.1) is 0 Å². The van der Waals surface area contributed by atoms with Crippen LogP contribution in [0.4, 0.5) is 11.8 Å². The highest BCUT2D eigenvalue weighted by atomic mass is 15.3. The Morgan fingerprint density at radius 2 is 1.83 bits per heavy atom. The Bertz CT molecular complexity index is 637. The minimum atomic E-state index is 0.755. The summed E-state index contributed by atoms with van der Waals surface area (Å²) in [7, 11) is 0. The van der Waals surface area contributed by atoms with E-state index in [9.17, 15) is 0 Å². The summed E-state index contributed by atoms with van der Waals surface area (Å²) < 4.78 is 0. The van der Waals surface area contributed by atoms with E-state index in [0.717, 1.165) is 57.2 Å². The maximum atomic E-state index is 4.79. The van der Waals surface area contributed by atoms with Crippen LogP contribution in [0.25, 0.3) is 0 Å². The van der Waals surface area contributed by atoms with Crippen molar-refractivity contribution in [3.05, 3.63) is 41.6 Å². The van der Waals surface area contributed by atoms with Crippen molar-refractivity contribution < 1.29 is 0 Å². The fraction of sp³-hybridized carbons (Fsp3) is 0.500. The first-order valence-corrected chi connectivity index (χ1v) is 8.58. The first kappa shape index (κ1) is 15.7. The molecule has 0 amide bonds. The van der Waals surface area contributed by atoms with Gasteiger partial charge in [-0.15, -0.1) is 5.10 Å². The molecule has 3 rings (SSSR count). The van der Waals surface area contributed by atoms with Crippen molar-refractivity contribution in [3.63, 3.8) is 0 Å². The molecule has 0 saturated heterocycles. The third-order valence-corrected chi connectivity index (χ3v) is 4.26. The average molecular weight is 311 g/mol. The van der Waals surface area contributed by atoms with Gasteiger partial charge in [-0.1, -0.05) is 38.1 Å². The molecule has 0 unspecified atom stereocenters. The van der Waals surface area contributed by atoms with Crippen LogP contribution in [0.3, 0.4) is 0 Å². The average Bonchev–Trinajstić information content (AvgIpc) is 2.61. The Morgan fingerprint density at radius 3 is 2.57 bits per heavy atom. The van der Waals surface area contributed by atoms with E-state index in [1.807, 2.05) is 0 Å². The van der Waals surface area contributed by atoms with Crippen LogP contribution in [0.1, 0.15) is 37.8 Å². The van der Waals surface area contributed by atoms with Crippen molar-refractivity contribution in [2.45, 2.75) is 39.7 Å². The van der Waals surface area contributed by atoms with Crippen molar-refractivity contribution >= 4 is 11.8 Å². The standard InChI is InChI=1S/C18H25N5/c1-3-10-22(11-4-2)18-20-17(13-19-21-18)23-12-9-15-7-5-6-8-16(15)14-23/h5-8,13H,3-4,9-12,14H2,1-2H3. The summed E-state index contributed by atoms with van der Waals surface area (Å²) in [6.07, 6.45) is 5.02. The van der Waals surface area contributed by atoms with Crippen LogP contribution in [0.15, 0.2) is 30.5 Å². The summed E-state index contributed by atoms with van der Waals surface area (Å²) in [5.74, 6) is 1.69. The monoisotopic (exact) mass is 311 g/mol. The van der Waals surface area contributed by atoms with E-state index in [1.54, 1.807) is 6.20 Å². The van der Waals surface area contributed by atoms with Gasteiger partial charge in [0.2, 0.25) is 5.95 Å². The molecule has 0 aliphatic carbocycles. The minimum absolute atomic E-state index is 0.755. The zero-order chi connectivity index (χ0) is 16.1. The van der Waals surface area contributed by atoms with Crippen molar-refractivity contribution in [3.8, 4) is 0 Å². The summed E-state index contributed by atoms with van der Waals surface area (Å²) in [6.45, 7) is 8.19. The molecule has 5 nitrogen and oxygen atoms in total. The molecule has 5 heteroatoms. The van der Waals surface area contributed by atoms with Crippen LogP contribution < -0.4 is 9.80 Å². The molecule has 1 aliphatic rings. The van der Waals surface area contributed by atoms with E-state index in [1.165, 1.54) is 11.1 Å². The van der Waals surface area contributed by atoms with Gasteiger partial charge in [-0.05, 0) is 30.4 Å². The van der Waals surface area contributed by atoms with Gasteiger partial charge in [-0.2, -0.15) is 10.1 Å². The van der Waals surface area contributed by atoms with Gasteiger partial charge in [0.15, 0.2) is 5.82 Å². The molecule has 0 N–H and O–H groups in total. The quantitative estimate of drug-likeness (QED) is 0.820. The molecule has 2 aromatic rings. The number of nitrogens with zero attached hydrogens (tertiary/aromatic N) is 5. The summed E-state index contributed by atoms with van der Waals surface area (Å²) >= 11 is 0. The molecule has 1 aromatic heterocycles. The zero-order valence-corrected chi connectivity index (χ0v) is 14.1. The molecule has 1 aliphatic heterocycles. The van der Waals surface area contributed by atoms with Gasteiger partial charge >= 0.3 is 0 Å². The summed E-state index contributed by atoms with van der Waals surface area (Å²) in [5.41, 5.74) is 2.84. The van der Waals surface area contributed by atoms with Gasteiger partial charge in [0, 0.05) is 26.2 Å². The summed E-state index contributed by atoms with van der Waals surface area (Å²) in [4.78, 5) is 9.32. The SMILES string of the molecule is CCCN(CCC)c1nncc(N2CCc3ccccc3C2)n1. The van der Waals surface area contributed by atoms with Gasteiger partial charge < -0.3 is 9.80 Å². The molecule has 23 heavy (non-hydrogen) atoms. The minimum Gasteiger partial charge on any atom is -0.350 e. The Kier molecular flexibility index (Phi) is 5.05. The lowest BCUT2D eigenvalue weighted by Gasteiger charge is -2.30. The normalized spacial score (nSPS) is 13.7. The second-order valence-corrected chi connectivity index (χ2v) is 6.04. The Morgan fingerprint density at radius 1 is 1.09 bits per heavy atom. The second kappa shape index (κ2) is 7.40. The lowest BCUT2D eigenvalue weighted by molar-refractivity contribution is 0.688. The molecule has 0 saturated carbocycles. The van der Waals surface area contributed by atoms with Gasteiger partial charge in [-0.25, -0.2) is 0 Å². The first-order valence-electron chi connectivity index (χ1n) is 8.58. The predicted octanol–water partition coefficient (Wildman–Crippen LogP) is 3.06. The summed E-state index contributed by atoms with van der Waals surface area (Å²) in [5, 5.41) is 8.46. The lowest BCUT2D eigenvalue weighted by atomic mass is 10.0. The van der Waals surface area contributed by atoms with Crippen LogP contribution in [-0.4, -0.2) is 34.8 Å². The zero-order valence-electron chi connectivity index (χ0n) is 14.1. The number of hydrogen-bond donors (Lipinski definition) is 0. The maximum Gasteiger partial charge on any atom is 0.247 e. The van der Waals surface area contributed by atoms with E-state index in [-0.39, 0.29) is 0 Å². The van der Waals surface area contributed by atoms with Gasteiger partial charge in [0.05, 0.1) is 6.20 Å². The third kappa shape index (κ3) is 3.60. The number of benzene rings is 1. The second-order valence-electron chi connectivity index (χ2n) is 6.04. The topological polar surface area (TPSA) is 45.2 Å². The van der Waals surface area contributed by atoms with E-state index in [4.69, 9.17) is 4.98 Å². The van der Waals surface area contributed by atoms with Crippen LogP contribution in [0.2, 0.25) is 0 Å². The number of hydrogen-bond acceptors (Lipinski definition) is 5. The molecule has 122 valence electrons. The third-order valence-electron chi connectivity index (χ3n) is 4.26. The van der Waals surface area contributed by atoms with Crippen molar-refractivity contribution in [1.82, 2.24) is 15.2 Å². The molecule has 0 bridgehead atoms. The van der Waals surface area contributed by atoms with Gasteiger partial charge in [-0.3, -0.25) is 0 Å². The van der Waals surface area contributed by atoms with E-state index < -0.39 is 0 Å². The number of rotatable bonds is 6. The smallest absolute Gasteiger partial charge is 0.247 e. The molecule has 0 spiro atoms. The van der Waals surface area contributed by atoms with Gasteiger partial charge in [0.25, 0.3) is 0 Å². The summed E-state index contributed by atoms with van der Waals surface area (Å²) in [6, 6.07) is 8.65. The van der Waals surface area contributed by atoms with Crippen LogP contribution >= 0.6 is 0 Å². The van der Waals surface area contributed by atoms with Crippen LogP contribution in [-0.2, 0) is 13.0 Å². The highest BCUT2D eigenvalue weighted by Gasteiger charge is 2.19. The number of anilines is 2. The first-order chi connectivity index (χ1) is 11.3. The van der Waals surface area contributed by atoms with Crippen molar-refractivity contribution in [1.29, 1.82) is 0 Å². The van der Waals surface area contributed by atoms with E-state index >= 15 is 0 Å². The molecule has 0 atom stereocenters. The fourth-order valence-electron chi connectivity index (χ4n) is 3.12. The molecule has 2 heterocycles.